The minimum Gasteiger partial charge on any atom is -0.378 e. The molecule has 1 fully saturated rings. The number of halogens is 1. The molecule has 0 bridgehead atoms. The molecule has 0 saturated carbocycles. The number of amides is 3. The summed E-state index contributed by atoms with van der Waals surface area (Å²) in [4.78, 5) is 26.4. The molecule has 0 radical (unpaired) electrons. The Morgan fingerprint density at radius 1 is 0.960 bits per heavy atom. The van der Waals surface area contributed by atoms with Gasteiger partial charge >= 0.3 is 6.03 Å². The van der Waals surface area contributed by atoms with Crippen molar-refractivity contribution in [2.75, 3.05) is 36.9 Å². The van der Waals surface area contributed by atoms with Crippen molar-refractivity contribution < 1.29 is 14.3 Å². The zero-order chi connectivity index (χ0) is 17.6. The normalized spacial score (nSPS) is 14.0. The monoisotopic (exact) mass is 359 g/mol. The molecule has 3 rings (SSSR count). The summed E-state index contributed by atoms with van der Waals surface area (Å²) >= 11 is 6.17. The summed E-state index contributed by atoms with van der Waals surface area (Å²) in [5.41, 5.74) is 1.54. The van der Waals surface area contributed by atoms with E-state index in [1.807, 2.05) is 18.2 Å². The van der Waals surface area contributed by atoms with Crippen molar-refractivity contribution in [2.24, 2.45) is 0 Å². The van der Waals surface area contributed by atoms with E-state index < -0.39 is 6.03 Å². The highest BCUT2D eigenvalue weighted by molar-refractivity contribution is 6.34. The number of benzene rings is 2. The van der Waals surface area contributed by atoms with Crippen LogP contribution < -0.4 is 10.6 Å². The van der Waals surface area contributed by atoms with E-state index in [1.54, 1.807) is 35.2 Å². The Morgan fingerprint density at radius 2 is 1.64 bits per heavy atom. The molecule has 25 heavy (non-hydrogen) atoms. The molecule has 130 valence electrons. The Balaban J connectivity index is 1.70. The van der Waals surface area contributed by atoms with Crippen molar-refractivity contribution in [3.8, 4) is 0 Å². The first-order valence-corrected chi connectivity index (χ1v) is 8.31. The fourth-order valence-electron chi connectivity index (χ4n) is 2.52. The molecule has 0 spiro atoms. The Hall–Kier alpha value is -2.57. The molecule has 2 N–H and O–H groups in total. The van der Waals surface area contributed by atoms with Gasteiger partial charge in [-0.3, -0.25) is 4.79 Å². The van der Waals surface area contributed by atoms with E-state index in [0.29, 0.717) is 48.3 Å². The van der Waals surface area contributed by atoms with Gasteiger partial charge in [-0.05, 0) is 30.3 Å². The fourth-order valence-corrected chi connectivity index (χ4v) is 2.72. The SMILES string of the molecule is O=C(Nc1ccccc1)Nc1ccc(Cl)c(C(=O)N2CCOCC2)c1. The number of hydrogen-bond acceptors (Lipinski definition) is 3. The number of nitrogens with zero attached hydrogens (tertiary/aromatic N) is 1. The van der Waals surface area contributed by atoms with E-state index in [-0.39, 0.29) is 5.91 Å². The summed E-state index contributed by atoms with van der Waals surface area (Å²) in [5.74, 6) is -0.166. The number of ether oxygens (including phenoxy) is 1. The van der Waals surface area contributed by atoms with Crippen LogP contribution in [-0.4, -0.2) is 43.1 Å². The van der Waals surface area contributed by atoms with Gasteiger partial charge in [0.15, 0.2) is 0 Å². The first-order valence-electron chi connectivity index (χ1n) is 7.93. The molecular formula is C18H18ClN3O3. The van der Waals surface area contributed by atoms with E-state index in [4.69, 9.17) is 16.3 Å². The molecule has 0 unspecified atom stereocenters. The fraction of sp³-hybridized carbons (Fsp3) is 0.222. The lowest BCUT2D eigenvalue weighted by atomic mass is 10.1. The van der Waals surface area contributed by atoms with Crippen LogP contribution in [0.2, 0.25) is 5.02 Å². The van der Waals surface area contributed by atoms with Gasteiger partial charge in [0, 0.05) is 24.5 Å². The van der Waals surface area contributed by atoms with Gasteiger partial charge < -0.3 is 20.3 Å². The minimum absolute atomic E-state index is 0.166. The largest absolute Gasteiger partial charge is 0.378 e. The van der Waals surface area contributed by atoms with Crippen LogP contribution in [-0.2, 0) is 4.74 Å². The molecule has 0 atom stereocenters. The Morgan fingerprint density at radius 3 is 2.36 bits per heavy atom. The second kappa shape index (κ2) is 8.00. The maximum atomic E-state index is 12.6. The average Bonchev–Trinajstić information content (AvgIpc) is 2.64. The number of urea groups is 1. The number of nitrogens with one attached hydrogen (secondary N) is 2. The molecule has 2 aromatic carbocycles. The van der Waals surface area contributed by atoms with Crippen LogP contribution in [0.25, 0.3) is 0 Å². The Kier molecular flexibility index (Phi) is 5.53. The third-order valence-electron chi connectivity index (χ3n) is 3.78. The molecule has 1 heterocycles. The van der Waals surface area contributed by atoms with Gasteiger partial charge in [0.05, 0.1) is 23.8 Å². The maximum Gasteiger partial charge on any atom is 0.323 e. The molecule has 1 saturated heterocycles. The van der Waals surface area contributed by atoms with E-state index in [1.165, 1.54) is 0 Å². The predicted molar refractivity (Wildman–Crippen MR) is 97.3 cm³/mol. The standard InChI is InChI=1S/C18H18ClN3O3/c19-16-7-6-14(21-18(24)20-13-4-2-1-3-5-13)12-15(16)17(23)22-8-10-25-11-9-22/h1-7,12H,8-11H2,(H2,20,21,24). The smallest absolute Gasteiger partial charge is 0.323 e. The van der Waals surface area contributed by atoms with Crippen LogP contribution in [0.5, 0.6) is 0 Å². The highest BCUT2D eigenvalue weighted by Gasteiger charge is 2.21. The number of hydrogen-bond donors (Lipinski definition) is 2. The van der Waals surface area contributed by atoms with Crippen molar-refractivity contribution in [1.82, 2.24) is 4.90 Å². The third-order valence-corrected chi connectivity index (χ3v) is 4.11. The molecule has 7 heteroatoms. The molecule has 2 aromatic rings. The van der Waals surface area contributed by atoms with Crippen molar-refractivity contribution in [1.29, 1.82) is 0 Å². The molecule has 3 amide bonds. The first-order chi connectivity index (χ1) is 12.1. The number of carbonyl (C=O) groups excluding carboxylic acids is 2. The number of morpholine rings is 1. The Labute approximate surface area is 150 Å². The van der Waals surface area contributed by atoms with E-state index in [2.05, 4.69) is 10.6 Å². The van der Waals surface area contributed by atoms with Crippen LogP contribution in [0.1, 0.15) is 10.4 Å². The Bertz CT molecular complexity index is 761. The highest BCUT2D eigenvalue weighted by Crippen LogP contribution is 2.23. The maximum absolute atomic E-state index is 12.6. The van der Waals surface area contributed by atoms with Gasteiger partial charge in [0.2, 0.25) is 0 Å². The van der Waals surface area contributed by atoms with Gasteiger partial charge in [-0.15, -0.1) is 0 Å². The molecule has 0 aliphatic carbocycles. The summed E-state index contributed by atoms with van der Waals surface area (Å²) in [5, 5.41) is 5.79. The van der Waals surface area contributed by atoms with E-state index >= 15 is 0 Å². The van der Waals surface area contributed by atoms with Crippen LogP contribution in [0, 0.1) is 0 Å². The second-order valence-corrected chi connectivity index (χ2v) is 5.95. The second-order valence-electron chi connectivity index (χ2n) is 5.54. The van der Waals surface area contributed by atoms with Crippen molar-refractivity contribution in [3.63, 3.8) is 0 Å². The minimum atomic E-state index is -0.390. The number of para-hydroxylation sites is 1. The number of carbonyl (C=O) groups is 2. The summed E-state index contributed by atoms with van der Waals surface area (Å²) in [6.07, 6.45) is 0. The van der Waals surface area contributed by atoms with Gasteiger partial charge in [-0.1, -0.05) is 29.8 Å². The van der Waals surface area contributed by atoms with Gasteiger partial charge in [-0.2, -0.15) is 0 Å². The zero-order valence-electron chi connectivity index (χ0n) is 13.5. The van der Waals surface area contributed by atoms with E-state index in [9.17, 15) is 9.59 Å². The van der Waals surface area contributed by atoms with Crippen LogP contribution in [0.4, 0.5) is 16.2 Å². The molecule has 1 aliphatic heterocycles. The molecule has 6 nitrogen and oxygen atoms in total. The van der Waals surface area contributed by atoms with Crippen molar-refractivity contribution >= 4 is 34.9 Å². The van der Waals surface area contributed by atoms with Crippen molar-refractivity contribution in [2.45, 2.75) is 0 Å². The van der Waals surface area contributed by atoms with Crippen LogP contribution >= 0.6 is 11.6 Å². The van der Waals surface area contributed by atoms with Gasteiger partial charge in [-0.25, -0.2) is 4.79 Å². The van der Waals surface area contributed by atoms with Crippen molar-refractivity contribution in [3.05, 3.63) is 59.1 Å². The van der Waals surface area contributed by atoms with Gasteiger partial charge in [0.1, 0.15) is 0 Å². The summed E-state index contributed by atoms with van der Waals surface area (Å²) in [7, 11) is 0. The lowest BCUT2D eigenvalue weighted by Crippen LogP contribution is -2.40. The van der Waals surface area contributed by atoms with E-state index in [0.717, 1.165) is 0 Å². The number of rotatable bonds is 3. The lowest BCUT2D eigenvalue weighted by Gasteiger charge is -2.27. The zero-order valence-corrected chi connectivity index (χ0v) is 14.3. The molecular weight excluding hydrogens is 342 g/mol. The molecule has 1 aliphatic rings. The quantitative estimate of drug-likeness (QED) is 0.881. The molecule has 0 aromatic heterocycles. The summed E-state index contributed by atoms with van der Waals surface area (Å²) in [6.45, 7) is 2.09. The highest BCUT2D eigenvalue weighted by atomic mass is 35.5. The third kappa shape index (κ3) is 4.49. The van der Waals surface area contributed by atoms with Crippen LogP contribution in [0.15, 0.2) is 48.5 Å². The lowest BCUT2D eigenvalue weighted by molar-refractivity contribution is 0.0303. The predicted octanol–water partition coefficient (Wildman–Crippen LogP) is 3.46. The summed E-state index contributed by atoms with van der Waals surface area (Å²) < 4.78 is 5.26. The summed E-state index contributed by atoms with van der Waals surface area (Å²) in [6, 6.07) is 13.6. The number of anilines is 2. The van der Waals surface area contributed by atoms with Crippen LogP contribution in [0.3, 0.4) is 0 Å². The first kappa shape index (κ1) is 17.3. The topological polar surface area (TPSA) is 70.7 Å². The average molecular weight is 360 g/mol. The van der Waals surface area contributed by atoms with Gasteiger partial charge in [0.25, 0.3) is 5.91 Å².